The van der Waals surface area contributed by atoms with E-state index in [1.807, 2.05) is 25.1 Å². The molecule has 124 valence electrons. The number of carbonyl (C=O) groups excluding carboxylic acids is 1. The molecule has 6 heteroatoms. The summed E-state index contributed by atoms with van der Waals surface area (Å²) in [5.41, 5.74) is 1.06. The largest absolute Gasteiger partial charge is 0.348 e. The number of alkyl halides is 2. The molecule has 1 amide bonds. The van der Waals surface area contributed by atoms with Crippen LogP contribution in [0.4, 0.5) is 8.78 Å². The van der Waals surface area contributed by atoms with Crippen LogP contribution >= 0.6 is 0 Å². The lowest BCUT2D eigenvalue weighted by Crippen LogP contribution is -2.37. The summed E-state index contributed by atoms with van der Waals surface area (Å²) < 4.78 is 25.4. The summed E-state index contributed by atoms with van der Waals surface area (Å²) in [6, 6.07) is 11.2. The van der Waals surface area contributed by atoms with Crippen LogP contribution in [0.15, 0.2) is 42.6 Å². The summed E-state index contributed by atoms with van der Waals surface area (Å²) in [6.07, 6.45) is 1.82. The van der Waals surface area contributed by atoms with Crippen LogP contribution in [-0.2, 0) is 5.41 Å². The molecule has 1 unspecified atom stereocenters. The number of amides is 1. The lowest BCUT2D eigenvalue weighted by molar-refractivity contribution is 0.0559. The molecule has 1 aromatic carbocycles. The molecule has 1 N–H and O–H groups in total. The van der Waals surface area contributed by atoms with Crippen molar-refractivity contribution in [2.75, 3.05) is 0 Å². The second-order valence-electron chi connectivity index (χ2n) is 6.29. The maximum Gasteiger partial charge on any atom is 0.333 e. The van der Waals surface area contributed by atoms with Gasteiger partial charge in [-0.2, -0.15) is 13.9 Å². The summed E-state index contributed by atoms with van der Waals surface area (Å²) in [5, 5.41) is 6.39. The summed E-state index contributed by atoms with van der Waals surface area (Å²) in [6.45, 7) is 3.37. The van der Waals surface area contributed by atoms with Crippen LogP contribution in [0.5, 0.6) is 0 Å². The van der Waals surface area contributed by atoms with E-state index < -0.39 is 12.5 Å². The predicted octanol–water partition coefficient (Wildman–Crippen LogP) is 3.76. The molecule has 0 radical (unpaired) electrons. The molecule has 0 bridgehead atoms. The molecule has 1 atom stereocenters. The van der Waals surface area contributed by atoms with Crippen molar-refractivity contribution in [1.82, 2.24) is 15.1 Å². The van der Waals surface area contributed by atoms with Gasteiger partial charge >= 0.3 is 6.55 Å². The molecule has 0 spiro atoms. The van der Waals surface area contributed by atoms with Crippen molar-refractivity contribution in [2.45, 2.75) is 45.2 Å². The van der Waals surface area contributed by atoms with Gasteiger partial charge in [0.15, 0.2) is 0 Å². The SMILES string of the molecule is CC(CC(C)(C)c1ccccc1)NC(=O)c1ccn(C(F)F)n1. The minimum atomic E-state index is -2.74. The average molecular weight is 321 g/mol. The van der Waals surface area contributed by atoms with Crippen molar-refractivity contribution in [1.29, 1.82) is 0 Å². The van der Waals surface area contributed by atoms with Crippen LogP contribution in [0.25, 0.3) is 0 Å². The van der Waals surface area contributed by atoms with Crippen molar-refractivity contribution in [2.24, 2.45) is 0 Å². The van der Waals surface area contributed by atoms with E-state index in [0.717, 1.165) is 12.6 Å². The Morgan fingerprint density at radius 3 is 2.48 bits per heavy atom. The number of nitrogens with one attached hydrogen (secondary N) is 1. The Morgan fingerprint density at radius 1 is 1.26 bits per heavy atom. The first kappa shape index (κ1) is 17.1. The third kappa shape index (κ3) is 4.37. The van der Waals surface area contributed by atoms with Gasteiger partial charge in [0.25, 0.3) is 5.91 Å². The fraction of sp³-hybridized carbons (Fsp3) is 0.412. The highest BCUT2D eigenvalue weighted by atomic mass is 19.3. The zero-order valence-corrected chi connectivity index (χ0v) is 13.5. The van der Waals surface area contributed by atoms with Gasteiger partial charge in [-0.3, -0.25) is 4.79 Å². The Morgan fingerprint density at radius 2 is 1.91 bits per heavy atom. The van der Waals surface area contributed by atoms with E-state index in [-0.39, 0.29) is 17.2 Å². The standard InChI is InChI=1S/C17H21F2N3O/c1-12(11-17(2,3)13-7-5-4-6-8-13)20-15(23)14-9-10-22(21-14)16(18)19/h4-10,12,16H,11H2,1-3H3,(H,20,23). The Balaban J connectivity index is 1.98. The molecule has 2 rings (SSSR count). The summed E-state index contributed by atoms with van der Waals surface area (Å²) in [4.78, 5) is 12.1. The molecule has 2 aromatic rings. The first-order valence-corrected chi connectivity index (χ1v) is 7.49. The van der Waals surface area contributed by atoms with Crippen LogP contribution in [0.3, 0.4) is 0 Å². The highest BCUT2D eigenvalue weighted by Gasteiger charge is 2.24. The van der Waals surface area contributed by atoms with Crippen molar-refractivity contribution in [3.8, 4) is 0 Å². The third-order valence-electron chi connectivity index (χ3n) is 3.79. The Bertz CT molecular complexity index is 653. The summed E-state index contributed by atoms with van der Waals surface area (Å²) >= 11 is 0. The monoisotopic (exact) mass is 321 g/mol. The van der Waals surface area contributed by atoms with Crippen LogP contribution < -0.4 is 5.32 Å². The van der Waals surface area contributed by atoms with Gasteiger partial charge in [0, 0.05) is 12.2 Å². The molecule has 0 aliphatic rings. The van der Waals surface area contributed by atoms with Crippen molar-refractivity contribution < 1.29 is 13.6 Å². The first-order chi connectivity index (χ1) is 10.8. The number of aromatic nitrogens is 2. The number of hydrogen-bond donors (Lipinski definition) is 1. The van der Waals surface area contributed by atoms with E-state index in [4.69, 9.17) is 0 Å². The molecule has 1 heterocycles. The van der Waals surface area contributed by atoms with E-state index in [0.29, 0.717) is 4.68 Å². The number of benzene rings is 1. The maximum absolute atomic E-state index is 12.5. The first-order valence-electron chi connectivity index (χ1n) is 7.49. The Hall–Kier alpha value is -2.24. The van der Waals surface area contributed by atoms with Crippen LogP contribution in [-0.4, -0.2) is 21.7 Å². The number of hydrogen-bond acceptors (Lipinski definition) is 2. The highest BCUT2D eigenvalue weighted by molar-refractivity contribution is 5.92. The molecule has 0 fully saturated rings. The molecule has 23 heavy (non-hydrogen) atoms. The van der Waals surface area contributed by atoms with E-state index in [2.05, 4.69) is 36.4 Å². The molecule has 0 aliphatic carbocycles. The van der Waals surface area contributed by atoms with Crippen LogP contribution in [0.2, 0.25) is 0 Å². The Labute approximate surface area is 134 Å². The Kier molecular flexibility index (Phi) is 5.13. The lowest BCUT2D eigenvalue weighted by atomic mass is 9.79. The van der Waals surface area contributed by atoms with Gasteiger partial charge in [0.1, 0.15) is 5.69 Å². The zero-order valence-electron chi connectivity index (χ0n) is 13.5. The number of halogens is 2. The van der Waals surface area contributed by atoms with Gasteiger partial charge in [-0.05, 0) is 30.4 Å². The second-order valence-corrected chi connectivity index (χ2v) is 6.29. The molecular formula is C17H21F2N3O. The van der Waals surface area contributed by atoms with E-state index in [9.17, 15) is 13.6 Å². The molecule has 4 nitrogen and oxygen atoms in total. The minimum Gasteiger partial charge on any atom is -0.348 e. The molecule has 0 saturated heterocycles. The predicted molar refractivity (Wildman–Crippen MR) is 84.5 cm³/mol. The van der Waals surface area contributed by atoms with Crippen molar-refractivity contribution in [3.05, 3.63) is 53.9 Å². The normalized spacial score (nSPS) is 13.1. The maximum atomic E-state index is 12.5. The van der Waals surface area contributed by atoms with E-state index in [1.165, 1.54) is 11.6 Å². The molecule has 0 saturated carbocycles. The lowest BCUT2D eigenvalue weighted by Gasteiger charge is -2.29. The summed E-state index contributed by atoms with van der Waals surface area (Å²) in [7, 11) is 0. The smallest absolute Gasteiger partial charge is 0.333 e. The van der Waals surface area contributed by atoms with Gasteiger partial charge in [-0.15, -0.1) is 0 Å². The van der Waals surface area contributed by atoms with Crippen molar-refractivity contribution >= 4 is 5.91 Å². The van der Waals surface area contributed by atoms with E-state index >= 15 is 0 Å². The summed E-state index contributed by atoms with van der Waals surface area (Å²) in [5.74, 6) is -0.444. The van der Waals surface area contributed by atoms with Gasteiger partial charge < -0.3 is 5.32 Å². The van der Waals surface area contributed by atoms with E-state index in [1.54, 1.807) is 0 Å². The van der Waals surface area contributed by atoms with Crippen LogP contribution in [0, 0.1) is 0 Å². The zero-order chi connectivity index (χ0) is 17.0. The number of carbonyl (C=O) groups is 1. The molecular weight excluding hydrogens is 300 g/mol. The minimum absolute atomic E-state index is 0.00494. The van der Waals surface area contributed by atoms with Gasteiger partial charge in [0.2, 0.25) is 0 Å². The fourth-order valence-electron chi connectivity index (χ4n) is 2.69. The number of rotatable bonds is 6. The van der Waals surface area contributed by atoms with Gasteiger partial charge in [0.05, 0.1) is 0 Å². The molecule has 1 aromatic heterocycles. The van der Waals surface area contributed by atoms with Gasteiger partial charge in [-0.25, -0.2) is 4.68 Å². The second kappa shape index (κ2) is 6.89. The molecule has 0 aliphatic heterocycles. The average Bonchev–Trinajstić information content (AvgIpc) is 2.97. The van der Waals surface area contributed by atoms with Gasteiger partial charge in [-0.1, -0.05) is 44.2 Å². The topological polar surface area (TPSA) is 46.9 Å². The van der Waals surface area contributed by atoms with Crippen LogP contribution in [0.1, 0.15) is 49.8 Å². The highest BCUT2D eigenvalue weighted by Crippen LogP contribution is 2.28. The number of nitrogens with zero attached hydrogens (tertiary/aromatic N) is 2. The fourth-order valence-corrected chi connectivity index (χ4v) is 2.69. The quantitative estimate of drug-likeness (QED) is 0.880. The third-order valence-corrected chi connectivity index (χ3v) is 3.79. The van der Waals surface area contributed by atoms with Crippen molar-refractivity contribution in [3.63, 3.8) is 0 Å².